The van der Waals surface area contributed by atoms with Crippen molar-refractivity contribution in [1.29, 1.82) is 0 Å². The van der Waals surface area contributed by atoms with Crippen LogP contribution < -0.4 is 10.1 Å². The number of ether oxygens (including phenoxy) is 1. The van der Waals surface area contributed by atoms with Crippen LogP contribution in [0.1, 0.15) is 183 Å². The maximum Gasteiger partial charge on any atom is 0.160 e. The van der Waals surface area contributed by atoms with E-state index in [0.29, 0.717) is 36.8 Å². The molecule has 100 heavy (non-hydrogen) atoms. The topological polar surface area (TPSA) is 180 Å². The molecule has 4 aromatic rings. The molecule has 7 fully saturated rings. The molecule has 7 spiro atoms. The van der Waals surface area contributed by atoms with E-state index in [9.17, 15) is 30.6 Å². The zero-order valence-corrected chi connectivity index (χ0v) is 58.7. The number of ketones is 1. The summed E-state index contributed by atoms with van der Waals surface area (Å²) in [5.41, 5.74) is 10.8. The van der Waals surface area contributed by atoms with Gasteiger partial charge in [-0.25, -0.2) is 0 Å². The molecule has 2 aliphatic heterocycles. The number of carbonyl (C=O) groups is 1. The van der Waals surface area contributed by atoms with Crippen LogP contribution in [0.15, 0.2) is 125 Å². The molecule has 10 nitrogen and oxygen atoms in total. The summed E-state index contributed by atoms with van der Waals surface area (Å²) >= 11 is 0. The summed E-state index contributed by atoms with van der Waals surface area (Å²) in [5, 5.41) is 97.2. The molecule has 12 heteroatoms. The molecule has 0 amide bonds. The quantitative estimate of drug-likeness (QED) is 0.0411. The summed E-state index contributed by atoms with van der Waals surface area (Å²) in [7, 11) is 5.59. The number of rotatable bonds is 5. The van der Waals surface area contributed by atoms with Crippen LogP contribution in [0.25, 0.3) is 0 Å². The number of phenolic OH excluding ortho intramolecular Hbond substituents is 3. The van der Waals surface area contributed by atoms with Crippen molar-refractivity contribution >= 4 is 27.4 Å². The lowest BCUT2D eigenvalue weighted by atomic mass is 9.25. The number of methoxy groups -OCH3 is 1. The van der Waals surface area contributed by atoms with E-state index < -0.39 is 88.1 Å². The minimum absolute atomic E-state index is 0.00101. The maximum atomic E-state index is 18.1. The van der Waals surface area contributed by atoms with E-state index in [1.165, 1.54) is 55.1 Å². The minimum atomic E-state index is -1.36. The van der Waals surface area contributed by atoms with Crippen molar-refractivity contribution in [2.24, 2.45) is 80.8 Å². The number of carbonyl (C=O) groups excluding carboxylic acids is 1. The molecule has 16 aliphatic carbocycles. The Morgan fingerprint density at radius 3 is 2.48 bits per heavy atom. The molecular formula is C88H91NO9S2. The molecule has 2 heterocycles. The van der Waals surface area contributed by atoms with Crippen molar-refractivity contribution in [2.45, 2.75) is 205 Å². The van der Waals surface area contributed by atoms with Crippen LogP contribution in [-0.2, 0) is 40.5 Å². The first-order valence-electron chi connectivity index (χ1n) is 38.6. The molecule has 0 radical (unpaired) electrons. The van der Waals surface area contributed by atoms with Crippen molar-refractivity contribution in [2.75, 3.05) is 12.9 Å². The van der Waals surface area contributed by atoms with Crippen molar-refractivity contribution in [3.63, 3.8) is 0 Å². The first-order valence-corrected chi connectivity index (χ1v) is 41.0. The number of hydrogen-bond donors (Lipinski definition) is 8. The van der Waals surface area contributed by atoms with Gasteiger partial charge < -0.3 is 45.8 Å². The van der Waals surface area contributed by atoms with Crippen molar-refractivity contribution in [3.05, 3.63) is 176 Å². The van der Waals surface area contributed by atoms with Crippen molar-refractivity contribution in [3.8, 4) is 46.7 Å². The predicted octanol–water partition coefficient (Wildman–Crippen LogP) is 13.8. The summed E-state index contributed by atoms with van der Waals surface area (Å²) < 4.78 is 5.94. The molecule has 15 bridgehead atoms. The van der Waals surface area contributed by atoms with Gasteiger partial charge in [0.25, 0.3) is 0 Å². The number of aromatic hydroxyl groups is 3. The maximum absolute atomic E-state index is 18.1. The first kappa shape index (κ1) is 61.5. The monoisotopic (exact) mass is 1370 g/mol. The molecular weight excluding hydrogens is 1280 g/mol. The largest absolute Gasteiger partial charge is 0.504 e. The number of piperidine rings is 1. The fourth-order valence-corrected chi connectivity index (χ4v) is 32.9. The highest BCUT2D eigenvalue weighted by Crippen LogP contribution is 2.86. The van der Waals surface area contributed by atoms with E-state index in [-0.39, 0.29) is 104 Å². The normalized spacial score (nSPS) is 44.4. The number of aliphatic hydroxyl groups is 4. The number of aliphatic hydroxyl groups excluding tert-OH is 4. The van der Waals surface area contributed by atoms with Gasteiger partial charge in [-0.1, -0.05) is 156 Å². The van der Waals surface area contributed by atoms with Crippen LogP contribution in [0.2, 0.25) is 0 Å². The number of allylic oxidation sites excluding steroid dienone is 5. The van der Waals surface area contributed by atoms with Crippen molar-refractivity contribution in [1.82, 2.24) is 5.32 Å². The van der Waals surface area contributed by atoms with Crippen LogP contribution in [-0.4, -0.2) is 90.0 Å². The third-order valence-corrected chi connectivity index (χ3v) is 35.5. The Labute approximate surface area is 594 Å². The molecule has 0 aromatic heterocycles. The second kappa shape index (κ2) is 20.9. The molecule has 24 atom stereocenters. The van der Waals surface area contributed by atoms with E-state index in [0.717, 1.165) is 115 Å². The van der Waals surface area contributed by atoms with Gasteiger partial charge in [0.2, 0.25) is 0 Å². The molecule has 514 valence electrons. The average molecular weight is 1370 g/mol. The fourth-order valence-electron chi connectivity index (χ4n) is 29.9. The van der Waals surface area contributed by atoms with Gasteiger partial charge in [-0.15, -0.1) is 5.92 Å². The van der Waals surface area contributed by atoms with E-state index in [2.05, 4.69) is 102 Å². The molecule has 0 unspecified atom stereocenters. The predicted molar refractivity (Wildman–Crippen MR) is 386 cm³/mol. The number of Topliss-reactive ketones (excluding diaryl/α,β-unsaturated/α-hetero) is 1. The van der Waals surface area contributed by atoms with Crippen LogP contribution in [0.3, 0.4) is 0 Å². The summed E-state index contributed by atoms with van der Waals surface area (Å²) in [5.74, 6) is 12.4. The summed E-state index contributed by atoms with van der Waals surface area (Å²) in [6, 6.07) is 21.8. The molecule has 4 aromatic carbocycles. The van der Waals surface area contributed by atoms with E-state index in [1.807, 2.05) is 45.9 Å². The van der Waals surface area contributed by atoms with Gasteiger partial charge in [-0.2, -0.15) is 0 Å². The van der Waals surface area contributed by atoms with Gasteiger partial charge in [0.05, 0.1) is 43.2 Å². The average Bonchev–Trinajstić information content (AvgIpc) is 1.02. The number of benzene rings is 4. The highest BCUT2D eigenvalue weighted by Gasteiger charge is 2.82. The van der Waals surface area contributed by atoms with Gasteiger partial charge >= 0.3 is 0 Å². The summed E-state index contributed by atoms with van der Waals surface area (Å²) in [4.78, 5) is 18.1. The minimum Gasteiger partial charge on any atom is -0.504 e. The number of fused-ring (bicyclic) bond motifs is 8. The Hall–Kier alpha value is -5.93. The Kier molecular flexibility index (Phi) is 12.9. The number of nitrogens with one attached hydrogen (secondary N) is 1. The third-order valence-electron chi connectivity index (χ3n) is 32.9. The summed E-state index contributed by atoms with van der Waals surface area (Å²) in [6.07, 6.45) is 30.3. The van der Waals surface area contributed by atoms with Crippen LogP contribution >= 0.6 is 21.6 Å². The lowest BCUT2D eigenvalue weighted by Crippen LogP contribution is -2.81. The molecule has 8 N–H and O–H groups in total. The highest BCUT2D eigenvalue weighted by atomic mass is 33.1. The zero-order chi connectivity index (χ0) is 67.1. The van der Waals surface area contributed by atoms with Crippen LogP contribution in [0.4, 0.5) is 0 Å². The van der Waals surface area contributed by atoms with Gasteiger partial charge in [-0.3, -0.25) is 4.79 Å². The summed E-state index contributed by atoms with van der Waals surface area (Å²) in [6.45, 7) is -0.405. The third kappa shape index (κ3) is 7.23. The number of hydrogen-bond acceptors (Lipinski definition) is 12. The SMILES string of the molecule is COc1cc([C@H]2CC(=O)[C@H]3[C@H](O)[C@@H]4[C@H](C#C[C@H]2Cc2ccccc2)[C@H]2CC#C[C@]56C=C[C@@H]3c3cc7cc(c35)[C@]3(CCC5(CCCC5)C35CCCC5)[C@@H](CSS[C@@H]3C=C[C@@H]5[C@@H](N2)[C@@]42c4cc(O)c(O)cc4[C@H]4C[C@@H]2[C@@]28C[C@@]49CCC[C@@H]9C=C2[C@H]2C[C@H](O)C(=CC2=C3[C@@H]58)C7)[C@H]6O)c(CO)cc1O. The van der Waals surface area contributed by atoms with E-state index in [1.54, 1.807) is 6.07 Å². The molecule has 22 rings (SSSR count). The highest BCUT2D eigenvalue weighted by molar-refractivity contribution is 8.77. The van der Waals surface area contributed by atoms with Gasteiger partial charge in [0.15, 0.2) is 23.0 Å². The molecule has 1 saturated heterocycles. The second-order valence-corrected chi connectivity index (χ2v) is 37.9. The van der Waals surface area contributed by atoms with E-state index >= 15 is 9.90 Å². The number of phenols is 3. The molecule has 6 saturated carbocycles. The van der Waals surface area contributed by atoms with Crippen LogP contribution in [0.5, 0.6) is 23.0 Å². The lowest BCUT2D eigenvalue weighted by molar-refractivity contribution is -0.200. The van der Waals surface area contributed by atoms with E-state index in [4.69, 9.17) is 4.74 Å². The Morgan fingerprint density at radius 2 is 1.65 bits per heavy atom. The lowest BCUT2D eigenvalue weighted by Gasteiger charge is -2.79. The van der Waals surface area contributed by atoms with Crippen LogP contribution in [0, 0.1) is 105 Å². The first-order chi connectivity index (χ1) is 48.7. The Bertz CT molecular complexity index is 4610. The van der Waals surface area contributed by atoms with Crippen molar-refractivity contribution < 1.29 is 45.3 Å². The van der Waals surface area contributed by atoms with Gasteiger partial charge in [-0.05, 0) is 214 Å². The molecule has 18 aliphatic rings. The fraction of sp³-hybridized carbons (Fsp3) is 0.557. The Balaban J connectivity index is 0.918. The zero-order valence-electron chi connectivity index (χ0n) is 57.1. The van der Waals surface area contributed by atoms with Gasteiger partial charge in [0.1, 0.15) is 11.2 Å². The Morgan fingerprint density at radius 1 is 0.820 bits per heavy atom. The smallest absolute Gasteiger partial charge is 0.160 e. The second-order valence-electron chi connectivity index (χ2n) is 35.4. The standard InChI is InChI=1S/C88H91NO9S2/c1-98-71-39-55(49(42-90)34-69(71)94)54-36-70(95)74-51-19-26-83-22-10-14-65-52(16-15-47(54)29-45-11-3-2-4-12-45)78(79(74)96)88-62-40-68(93)67(92)38-59(62)60-41-73(88)86-44-84(60)23-9-13-50(84)35-61(86)56-37-66(91)48-30-46-31-58(51)76(83)63(32-46)87(28-27-82(20-5-6-21-82)85(87)24-7-8-25-85)64(81(83)97)43-99-100-72-18-17-53(80(88)89-65)77(86)75(72)57(56)33-48/h2-4,11-12,17-19,26,31-35,38-40,47,50-54,56,60,64-66,72-74,77-81,89-94,96-97H,5-9,13-14,20-21,23-25,27-30,36-37,41-44H2,1H3/t47-,50+,51+,52+,53-,54-,56-,60+,64-,65+,66-,72+,73+,74-,77+,78-,79-,80+,81+,83-,84+,86+,87+,88+/m0/s1. The van der Waals surface area contributed by atoms with Gasteiger partial charge in [0, 0.05) is 94.3 Å².